The lowest BCUT2D eigenvalue weighted by Gasteiger charge is -2.28. The summed E-state index contributed by atoms with van der Waals surface area (Å²) >= 11 is 0. The number of esters is 1. The third-order valence-electron chi connectivity index (χ3n) is 4.30. The predicted octanol–water partition coefficient (Wildman–Crippen LogP) is 2.00. The highest BCUT2D eigenvalue weighted by atomic mass is 16.5. The van der Waals surface area contributed by atoms with E-state index in [9.17, 15) is 9.59 Å². The highest BCUT2D eigenvalue weighted by Crippen LogP contribution is 2.36. The summed E-state index contributed by atoms with van der Waals surface area (Å²) in [6.45, 7) is 0. The monoisotopic (exact) mass is 361 g/mol. The molecular weight excluding hydrogens is 346 g/mol. The number of nitrogens with zero attached hydrogens (tertiary/aromatic N) is 4. The van der Waals surface area contributed by atoms with Crippen LogP contribution in [0.1, 0.15) is 22.0 Å². The molecule has 27 heavy (non-hydrogen) atoms. The van der Waals surface area contributed by atoms with Gasteiger partial charge in [-0.05, 0) is 16.0 Å². The number of hydrogen-bond acceptors (Lipinski definition) is 7. The fourth-order valence-electron chi connectivity index (χ4n) is 3.08. The highest BCUT2D eigenvalue weighted by Gasteiger charge is 2.38. The van der Waals surface area contributed by atoms with Crippen molar-refractivity contribution in [3.05, 3.63) is 83.1 Å². The normalized spacial score (nSPS) is 15.7. The van der Waals surface area contributed by atoms with Gasteiger partial charge in [0, 0.05) is 5.56 Å². The van der Waals surface area contributed by atoms with E-state index in [1.165, 1.54) is 11.8 Å². The van der Waals surface area contributed by atoms with Crippen LogP contribution in [0.15, 0.2) is 71.9 Å². The Kier molecular flexibility index (Phi) is 4.21. The number of carbonyl (C=O) groups excluding carboxylic acids is 2. The molecule has 1 aromatic heterocycles. The number of aromatic nitrogens is 4. The van der Waals surface area contributed by atoms with Crippen LogP contribution in [-0.2, 0) is 9.53 Å². The molecule has 0 aliphatic carbocycles. The van der Waals surface area contributed by atoms with Crippen molar-refractivity contribution in [1.29, 1.82) is 0 Å². The van der Waals surface area contributed by atoms with Crippen LogP contribution in [0.2, 0.25) is 0 Å². The Morgan fingerprint density at radius 1 is 1.04 bits per heavy atom. The number of tetrazole rings is 1. The van der Waals surface area contributed by atoms with E-state index < -0.39 is 12.0 Å². The number of rotatable bonds is 4. The molecule has 1 aliphatic rings. The third kappa shape index (κ3) is 2.86. The smallest absolute Gasteiger partial charge is 0.355 e. The highest BCUT2D eigenvalue weighted by molar-refractivity contribution is 6.14. The minimum absolute atomic E-state index is 0.0301. The number of nitrogens with one attached hydrogen (secondary N) is 1. The minimum atomic E-state index is -0.667. The molecule has 0 saturated heterocycles. The molecule has 0 radical (unpaired) electrons. The Morgan fingerprint density at radius 2 is 1.70 bits per heavy atom. The standard InChI is InChI=1S/C19H15N5O3/c1-27-18(26)15-14(17(25)13-10-6-3-7-11-13)16(12-8-4-2-5-9-12)24-19(20-15)21-22-23-24/h2-11,16H,1H3,(H,20,21,23)/t16-/m0/s1. The summed E-state index contributed by atoms with van der Waals surface area (Å²) in [5.74, 6) is -0.711. The lowest BCUT2D eigenvalue weighted by molar-refractivity contribution is -0.136. The molecule has 1 atom stereocenters. The van der Waals surface area contributed by atoms with Crippen LogP contribution in [0.25, 0.3) is 0 Å². The maximum atomic E-state index is 13.4. The number of allylic oxidation sites excluding steroid dienone is 1. The lowest BCUT2D eigenvalue weighted by Crippen LogP contribution is -2.32. The maximum absolute atomic E-state index is 13.4. The molecule has 0 bridgehead atoms. The van der Waals surface area contributed by atoms with Gasteiger partial charge < -0.3 is 10.1 Å². The summed E-state index contributed by atoms with van der Waals surface area (Å²) in [5, 5.41) is 14.4. The van der Waals surface area contributed by atoms with Gasteiger partial charge in [-0.2, -0.15) is 4.68 Å². The summed E-state index contributed by atoms with van der Waals surface area (Å²) in [4.78, 5) is 25.8. The van der Waals surface area contributed by atoms with Crippen molar-refractivity contribution in [2.75, 3.05) is 12.4 Å². The third-order valence-corrected chi connectivity index (χ3v) is 4.30. The number of ketones is 1. The first-order valence-corrected chi connectivity index (χ1v) is 8.22. The zero-order valence-corrected chi connectivity index (χ0v) is 14.4. The molecule has 8 nitrogen and oxygen atoms in total. The van der Waals surface area contributed by atoms with Crippen molar-refractivity contribution in [2.24, 2.45) is 0 Å². The van der Waals surface area contributed by atoms with Gasteiger partial charge in [-0.25, -0.2) is 4.79 Å². The number of methoxy groups -OCH3 is 1. The molecular formula is C19H15N5O3. The molecule has 0 fully saturated rings. The lowest BCUT2D eigenvalue weighted by atomic mass is 9.89. The Hall–Kier alpha value is -3.81. The van der Waals surface area contributed by atoms with Crippen LogP contribution >= 0.6 is 0 Å². The van der Waals surface area contributed by atoms with E-state index in [1.807, 2.05) is 36.4 Å². The molecule has 134 valence electrons. The number of carbonyl (C=O) groups is 2. The Bertz CT molecular complexity index is 1030. The van der Waals surface area contributed by atoms with Gasteiger partial charge in [0.1, 0.15) is 11.7 Å². The van der Waals surface area contributed by atoms with E-state index in [-0.39, 0.29) is 23.0 Å². The number of anilines is 1. The van der Waals surface area contributed by atoms with Crippen molar-refractivity contribution < 1.29 is 14.3 Å². The van der Waals surface area contributed by atoms with Crippen molar-refractivity contribution >= 4 is 17.7 Å². The van der Waals surface area contributed by atoms with Crippen molar-refractivity contribution in [3.8, 4) is 0 Å². The van der Waals surface area contributed by atoms with Crippen LogP contribution in [0, 0.1) is 0 Å². The van der Waals surface area contributed by atoms with Crippen molar-refractivity contribution in [2.45, 2.75) is 6.04 Å². The summed E-state index contributed by atoms with van der Waals surface area (Å²) in [7, 11) is 1.26. The molecule has 0 saturated carbocycles. The average Bonchev–Trinajstić information content (AvgIpc) is 3.21. The van der Waals surface area contributed by atoms with Crippen molar-refractivity contribution in [3.63, 3.8) is 0 Å². The van der Waals surface area contributed by atoms with Crippen LogP contribution in [-0.4, -0.2) is 39.1 Å². The first-order valence-electron chi connectivity index (χ1n) is 8.22. The van der Waals surface area contributed by atoms with Crippen LogP contribution in [0.4, 0.5) is 5.95 Å². The summed E-state index contributed by atoms with van der Waals surface area (Å²) < 4.78 is 6.38. The Balaban J connectivity index is 1.96. The number of hydrogen-bond donors (Lipinski definition) is 1. The molecule has 2 heterocycles. The van der Waals surface area contributed by atoms with E-state index in [4.69, 9.17) is 4.74 Å². The largest absolute Gasteiger partial charge is 0.464 e. The Morgan fingerprint density at radius 3 is 2.37 bits per heavy atom. The van der Waals surface area contributed by atoms with E-state index in [2.05, 4.69) is 20.8 Å². The Labute approximate surface area is 154 Å². The van der Waals surface area contributed by atoms with E-state index >= 15 is 0 Å². The molecule has 8 heteroatoms. The molecule has 0 spiro atoms. The molecule has 2 aromatic carbocycles. The van der Waals surface area contributed by atoms with Gasteiger partial charge >= 0.3 is 5.97 Å². The SMILES string of the molecule is COC(=O)C1=C(C(=O)c2ccccc2)[C@H](c2ccccc2)n2nnnc2N1. The van der Waals surface area contributed by atoms with Crippen LogP contribution in [0.5, 0.6) is 0 Å². The topological polar surface area (TPSA) is 99.0 Å². The first-order chi connectivity index (χ1) is 13.2. The molecule has 0 amide bonds. The summed E-state index contributed by atoms with van der Waals surface area (Å²) in [6.07, 6.45) is 0. The summed E-state index contributed by atoms with van der Waals surface area (Å²) in [6, 6.07) is 17.4. The minimum Gasteiger partial charge on any atom is -0.464 e. The fourth-order valence-corrected chi connectivity index (χ4v) is 3.08. The fraction of sp³-hybridized carbons (Fsp3) is 0.105. The molecule has 3 aromatic rings. The zero-order chi connectivity index (χ0) is 18.8. The number of benzene rings is 2. The second kappa shape index (κ2) is 6.83. The van der Waals surface area contributed by atoms with Gasteiger partial charge in [-0.3, -0.25) is 4.79 Å². The molecule has 0 unspecified atom stereocenters. The van der Waals surface area contributed by atoms with Gasteiger partial charge in [-0.1, -0.05) is 65.8 Å². The van der Waals surface area contributed by atoms with Crippen LogP contribution < -0.4 is 5.32 Å². The first kappa shape index (κ1) is 16.6. The van der Waals surface area contributed by atoms with Crippen molar-refractivity contribution in [1.82, 2.24) is 20.2 Å². The van der Waals surface area contributed by atoms with Gasteiger partial charge in [-0.15, -0.1) is 0 Å². The van der Waals surface area contributed by atoms with Gasteiger partial charge in [0.25, 0.3) is 0 Å². The second-order valence-corrected chi connectivity index (χ2v) is 5.86. The van der Waals surface area contributed by atoms with E-state index in [0.29, 0.717) is 5.56 Å². The average molecular weight is 361 g/mol. The quantitative estimate of drug-likeness (QED) is 0.560. The van der Waals surface area contributed by atoms with Gasteiger partial charge in [0.15, 0.2) is 5.78 Å². The second-order valence-electron chi connectivity index (χ2n) is 5.86. The zero-order valence-electron chi connectivity index (χ0n) is 14.4. The summed E-state index contributed by atoms with van der Waals surface area (Å²) in [5.41, 5.74) is 1.47. The van der Waals surface area contributed by atoms with Crippen LogP contribution in [0.3, 0.4) is 0 Å². The van der Waals surface area contributed by atoms with E-state index in [0.717, 1.165) is 5.56 Å². The number of ether oxygens (including phenoxy) is 1. The predicted molar refractivity (Wildman–Crippen MR) is 95.8 cm³/mol. The van der Waals surface area contributed by atoms with Gasteiger partial charge in [0.2, 0.25) is 5.95 Å². The number of Topliss-reactive ketones (excluding diaryl/α,β-unsaturated/α-hetero) is 1. The van der Waals surface area contributed by atoms with E-state index in [1.54, 1.807) is 24.3 Å². The van der Waals surface area contributed by atoms with Gasteiger partial charge in [0.05, 0.1) is 12.7 Å². The maximum Gasteiger partial charge on any atom is 0.355 e. The molecule has 4 rings (SSSR count). The number of fused-ring (bicyclic) bond motifs is 1. The molecule has 1 N–H and O–H groups in total. The molecule has 1 aliphatic heterocycles.